The number of ether oxygens (including phenoxy) is 1. The number of hydrogen-bond donors (Lipinski definition) is 1. The summed E-state index contributed by atoms with van der Waals surface area (Å²) in [6.45, 7) is 0. The van der Waals surface area contributed by atoms with Gasteiger partial charge in [0, 0.05) is 8.04 Å². The Kier molecular flexibility index (Phi) is 4.57. The van der Waals surface area contributed by atoms with E-state index in [0.717, 1.165) is 13.7 Å². The average Bonchev–Trinajstić information content (AvgIpc) is 2.81. The van der Waals surface area contributed by atoms with Gasteiger partial charge in [-0.3, -0.25) is 0 Å². The summed E-state index contributed by atoms with van der Waals surface area (Å²) in [5, 5.41) is 3.83. The van der Waals surface area contributed by atoms with E-state index in [0.29, 0.717) is 10.0 Å². The zero-order chi connectivity index (χ0) is 13.1. The minimum Gasteiger partial charge on any atom is -0.465 e. The van der Waals surface area contributed by atoms with Crippen molar-refractivity contribution in [3.05, 3.63) is 37.3 Å². The lowest BCUT2D eigenvalue weighted by atomic mass is 10.3. The molecule has 2 aromatic rings. The summed E-state index contributed by atoms with van der Waals surface area (Å²) in [4.78, 5) is 15.9. The molecule has 0 aliphatic heterocycles. The number of hydrogen-bond acceptors (Lipinski definition) is 5. The van der Waals surface area contributed by atoms with Crippen LogP contribution in [-0.2, 0) is 4.74 Å². The van der Waals surface area contributed by atoms with E-state index in [1.54, 1.807) is 0 Å². The highest BCUT2D eigenvalue weighted by molar-refractivity contribution is 14.1. The van der Waals surface area contributed by atoms with Crippen LogP contribution >= 0.6 is 49.9 Å². The standard InChI is InChI=1S/C11H8BrIN2O2S/c1-17-10(16)9-5-14-11(18-9)15-8-4-6(12)2-3-7(8)13/h2-5H,1H3,(H,14,15). The lowest BCUT2D eigenvalue weighted by Crippen LogP contribution is -1.96. The van der Waals surface area contributed by atoms with Gasteiger partial charge < -0.3 is 10.1 Å². The number of esters is 1. The Balaban J connectivity index is 2.21. The van der Waals surface area contributed by atoms with Crippen LogP contribution in [0.2, 0.25) is 0 Å². The van der Waals surface area contributed by atoms with Crippen LogP contribution in [0.25, 0.3) is 0 Å². The Labute approximate surface area is 130 Å². The normalized spacial score (nSPS) is 10.2. The van der Waals surface area contributed by atoms with Crippen molar-refractivity contribution in [1.29, 1.82) is 0 Å². The quantitative estimate of drug-likeness (QED) is 0.580. The summed E-state index contributed by atoms with van der Waals surface area (Å²) in [6, 6.07) is 5.91. The molecule has 1 heterocycles. The molecule has 7 heteroatoms. The molecule has 0 aliphatic rings. The summed E-state index contributed by atoms with van der Waals surface area (Å²) >= 11 is 6.91. The van der Waals surface area contributed by atoms with E-state index >= 15 is 0 Å². The number of thiazole rings is 1. The lowest BCUT2D eigenvalue weighted by Gasteiger charge is -2.05. The maximum atomic E-state index is 11.3. The van der Waals surface area contributed by atoms with Gasteiger partial charge in [-0.2, -0.15) is 0 Å². The van der Waals surface area contributed by atoms with Crippen molar-refractivity contribution in [1.82, 2.24) is 4.98 Å². The van der Waals surface area contributed by atoms with Crippen molar-refractivity contribution in [3.63, 3.8) is 0 Å². The smallest absolute Gasteiger partial charge is 0.349 e. The summed E-state index contributed by atoms with van der Waals surface area (Å²) in [5.74, 6) is -0.371. The molecule has 0 radical (unpaired) electrons. The van der Waals surface area contributed by atoms with Crippen molar-refractivity contribution in [2.45, 2.75) is 0 Å². The van der Waals surface area contributed by atoms with E-state index < -0.39 is 0 Å². The Morgan fingerprint density at radius 1 is 1.56 bits per heavy atom. The predicted molar refractivity (Wildman–Crippen MR) is 83.6 cm³/mol. The van der Waals surface area contributed by atoms with Crippen LogP contribution < -0.4 is 5.32 Å². The van der Waals surface area contributed by atoms with Gasteiger partial charge in [-0.05, 0) is 40.8 Å². The molecule has 0 saturated carbocycles. The molecule has 0 spiro atoms. The van der Waals surface area contributed by atoms with E-state index in [-0.39, 0.29) is 5.97 Å². The van der Waals surface area contributed by atoms with E-state index in [4.69, 9.17) is 0 Å². The second kappa shape index (κ2) is 5.98. The van der Waals surface area contributed by atoms with Gasteiger partial charge in [0.2, 0.25) is 0 Å². The van der Waals surface area contributed by atoms with Crippen LogP contribution in [0.4, 0.5) is 10.8 Å². The van der Waals surface area contributed by atoms with Crippen molar-refractivity contribution in [3.8, 4) is 0 Å². The molecule has 0 aliphatic carbocycles. The highest BCUT2D eigenvalue weighted by Gasteiger charge is 2.11. The van der Waals surface area contributed by atoms with Gasteiger partial charge in [0.05, 0.1) is 19.0 Å². The van der Waals surface area contributed by atoms with Gasteiger partial charge in [0.15, 0.2) is 5.13 Å². The second-order valence-corrected chi connectivity index (χ2v) is 6.38. The van der Waals surface area contributed by atoms with Gasteiger partial charge >= 0.3 is 5.97 Å². The first-order valence-corrected chi connectivity index (χ1v) is 7.55. The van der Waals surface area contributed by atoms with E-state index in [2.05, 4.69) is 53.6 Å². The number of aromatic nitrogens is 1. The van der Waals surface area contributed by atoms with Crippen molar-refractivity contribution in [2.75, 3.05) is 12.4 Å². The van der Waals surface area contributed by atoms with Crippen molar-refractivity contribution >= 4 is 66.6 Å². The molecule has 1 aromatic carbocycles. The molecule has 0 amide bonds. The molecule has 18 heavy (non-hydrogen) atoms. The predicted octanol–water partition coefficient (Wildman–Crippen LogP) is 4.04. The molecule has 0 unspecified atom stereocenters. The summed E-state index contributed by atoms with van der Waals surface area (Å²) in [7, 11) is 1.35. The number of methoxy groups -OCH3 is 1. The number of anilines is 2. The van der Waals surface area contributed by atoms with Gasteiger partial charge in [0.1, 0.15) is 4.88 Å². The van der Waals surface area contributed by atoms with Crippen LogP contribution in [-0.4, -0.2) is 18.1 Å². The molecular formula is C11H8BrIN2O2S. The zero-order valence-electron chi connectivity index (χ0n) is 9.24. The molecule has 0 saturated heterocycles. The minimum absolute atomic E-state index is 0.371. The fourth-order valence-electron chi connectivity index (χ4n) is 1.24. The molecule has 0 bridgehead atoms. The monoisotopic (exact) mass is 438 g/mol. The third kappa shape index (κ3) is 3.21. The lowest BCUT2D eigenvalue weighted by molar-refractivity contribution is 0.0606. The molecule has 0 atom stereocenters. The average molecular weight is 439 g/mol. The maximum absolute atomic E-state index is 11.3. The molecule has 1 N–H and O–H groups in total. The number of halogens is 2. The van der Waals surface area contributed by atoms with Gasteiger partial charge in [-0.1, -0.05) is 27.3 Å². The number of carbonyl (C=O) groups is 1. The van der Waals surface area contributed by atoms with Crippen LogP contribution in [0.15, 0.2) is 28.9 Å². The number of benzene rings is 1. The fraction of sp³-hybridized carbons (Fsp3) is 0.0909. The summed E-state index contributed by atoms with van der Waals surface area (Å²) < 4.78 is 6.69. The number of carbonyl (C=O) groups excluding carboxylic acids is 1. The first-order chi connectivity index (χ1) is 8.60. The fourth-order valence-corrected chi connectivity index (χ4v) is 2.81. The number of nitrogens with zero attached hydrogens (tertiary/aromatic N) is 1. The third-order valence-corrected chi connectivity index (χ3v) is 4.39. The van der Waals surface area contributed by atoms with Crippen molar-refractivity contribution in [2.24, 2.45) is 0 Å². The summed E-state index contributed by atoms with van der Waals surface area (Å²) in [6.07, 6.45) is 1.50. The second-order valence-electron chi connectivity index (χ2n) is 3.27. The van der Waals surface area contributed by atoms with Crippen LogP contribution in [0.3, 0.4) is 0 Å². The van der Waals surface area contributed by atoms with Crippen LogP contribution in [0.5, 0.6) is 0 Å². The van der Waals surface area contributed by atoms with Gasteiger partial charge in [-0.25, -0.2) is 9.78 Å². The maximum Gasteiger partial charge on any atom is 0.349 e. The Hall–Kier alpha value is -0.670. The summed E-state index contributed by atoms with van der Waals surface area (Å²) in [5.41, 5.74) is 0.941. The van der Waals surface area contributed by atoms with E-state index in [9.17, 15) is 4.79 Å². The number of rotatable bonds is 3. The number of nitrogens with one attached hydrogen (secondary N) is 1. The molecule has 4 nitrogen and oxygen atoms in total. The van der Waals surface area contributed by atoms with E-state index in [1.807, 2.05) is 18.2 Å². The molecular weight excluding hydrogens is 431 g/mol. The Bertz CT molecular complexity index is 588. The molecule has 1 aromatic heterocycles. The highest BCUT2D eigenvalue weighted by atomic mass is 127. The Morgan fingerprint density at radius 2 is 2.33 bits per heavy atom. The first-order valence-electron chi connectivity index (χ1n) is 4.86. The molecule has 2 rings (SSSR count). The van der Waals surface area contributed by atoms with Gasteiger partial charge in [0.25, 0.3) is 0 Å². The third-order valence-electron chi connectivity index (χ3n) is 2.06. The minimum atomic E-state index is -0.371. The Morgan fingerprint density at radius 3 is 3.06 bits per heavy atom. The molecule has 0 fully saturated rings. The van der Waals surface area contributed by atoms with E-state index in [1.165, 1.54) is 24.6 Å². The van der Waals surface area contributed by atoms with Crippen LogP contribution in [0.1, 0.15) is 9.67 Å². The zero-order valence-corrected chi connectivity index (χ0v) is 13.8. The largest absolute Gasteiger partial charge is 0.465 e. The molecule has 94 valence electrons. The van der Waals surface area contributed by atoms with Crippen molar-refractivity contribution < 1.29 is 9.53 Å². The SMILES string of the molecule is COC(=O)c1cnc(Nc2cc(Br)ccc2I)s1. The van der Waals surface area contributed by atoms with Crippen LogP contribution in [0, 0.1) is 3.57 Å². The topological polar surface area (TPSA) is 51.2 Å². The van der Waals surface area contributed by atoms with Gasteiger partial charge in [-0.15, -0.1) is 0 Å². The first kappa shape index (κ1) is 13.8. The highest BCUT2D eigenvalue weighted by Crippen LogP contribution is 2.28.